The van der Waals surface area contributed by atoms with Crippen molar-refractivity contribution in [1.29, 1.82) is 0 Å². The van der Waals surface area contributed by atoms with E-state index in [9.17, 15) is 4.79 Å². The van der Waals surface area contributed by atoms with Gasteiger partial charge in [-0.25, -0.2) is 4.79 Å². The summed E-state index contributed by atoms with van der Waals surface area (Å²) in [7, 11) is 0. The van der Waals surface area contributed by atoms with Gasteiger partial charge in [0, 0.05) is 31.4 Å². The Morgan fingerprint density at radius 2 is 2.17 bits per heavy atom. The van der Waals surface area contributed by atoms with Gasteiger partial charge in [-0.3, -0.25) is 4.98 Å². The lowest BCUT2D eigenvalue weighted by Gasteiger charge is -2.27. The van der Waals surface area contributed by atoms with Crippen molar-refractivity contribution in [3.8, 4) is 0 Å². The van der Waals surface area contributed by atoms with Crippen molar-refractivity contribution in [2.24, 2.45) is 0 Å². The number of urea groups is 1. The molecule has 2 aromatic rings. The fraction of sp³-hybridized carbons (Fsp3) is 0.474. The maximum Gasteiger partial charge on any atom is 0.318 e. The molecule has 5 heteroatoms. The van der Waals surface area contributed by atoms with Crippen molar-refractivity contribution in [3.63, 3.8) is 0 Å². The Balaban J connectivity index is 1.53. The lowest BCUT2D eigenvalue weighted by atomic mass is 10.1. The Hall–Kier alpha value is -2.30. The molecule has 1 fully saturated rings. The fourth-order valence-corrected chi connectivity index (χ4v) is 3.29. The number of carbonyl (C=O) groups excluding carboxylic acids is 1. The van der Waals surface area contributed by atoms with Crippen LogP contribution in [0.2, 0.25) is 0 Å². The number of hydrogen-bond acceptors (Lipinski definition) is 3. The molecule has 1 aliphatic heterocycles. The standard InChI is InChI=1S/C19H25N3O2/c1-14(5-7-17-8-6-15(2)24-17)21-19(23)22-13-3-4-18(22)16-9-11-20-12-10-16/h6,8-12,14,18H,3-5,7,13H2,1-2H3,(H,21,23)/t14-,18+/m1/s1. The molecule has 0 radical (unpaired) electrons. The predicted octanol–water partition coefficient (Wildman–Crippen LogP) is 3.85. The number of nitrogens with one attached hydrogen (secondary N) is 1. The summed E-state index contributed by atoms with van der Waals surface area (Å²) >= 11 is 0. The number of furan rings is 1. The molecule has 24 heavy (non-hydrogen) atoms. The molecule has 3 heterocycles. The molecule has 0 spiro atoms. The number of amides is 2. The van der Waals surface area contributed by atoms with Gasteiger partial charge in [0.05, 0.1) is 6.04 Å². The van der Waals surface area contributed by atoms with Crippen LogP contribution in [0.5, 0.6) is 0 Å². The molecular formula is C19H25N3O2. The SMILES string of the molecule is Cc1ccc(CC[C@@H](C)NC(=O)N2CCC[C@H]2c2ccncc2)o1. The second kappa shape index (κ2) is 7.51. The number of aromatic nitrogens is 1. The van der Waals surface area contributed by atoms with Gasteiger partial charge in [0.25, 0.3) is 0 Å². The molecule has 0 aliphatic carbocycles. The highest BCUT2D eigenvalue weighted by atomic mass is 16.3. The molecular weight excluding hydrogens is 302 g/mol. The third kappa shape index (κ3) is 3.96. The van der Waals surface area contributed by atoms with Gasteiger partial charge in [-0.1, -0.05) is 0 Å². The monoisotopic (exact) mass is 327 g/mol. The fourth-order valence-electron chi connectivity index (χ4n) is 3.29. The van der Waals surface area contributed by atoms with E-state index in [4.69, 9.17) is 4.42 Å². The van der Waals surface area contributed by atoms with Gasteiger partial charge in [0.15, 0.2) is 0 Å². The highest BCUT2D eigenvalue weighted by molar-refractivity contribution is 5.75. The van der Waals surface area contributed by atoms with E-state index in [1.165, 1.54) is 0 Å². The third-order valence-electron chi connectivity index (χ3n) is 4.59. The van der Waals surface area contributed by atoms with Crippen LogP contribution >= 0.6 is 0 Å². The molecule has 2 aromatic heterocycles. The highest BCUT2D eigenvalue weighted by Gasteiger charge is 2.30. The first-order valence-electron chi connectivity index (χ1n) is 8.66. The van der Waals surface area contributed by atoms with E-state index in [0.29, 0.717) is 0 Å². The molecule has 1 N–H and O–H groups in total. The number of nitrogens with zero attached hydrogens (tertiary/aromatic N) is 2. The summed E-state index contributed by atoms with van der Waals surface area (Å²) in [5, 5.41) is 3.13. The summed E-state index contributed by atoms with van der Waals surface area (Å²) in [5.74, 6) is 1.91. The van der Waals surface area contributed by atoms with Crippen LogP contribution in [-0.2, 0) is 6.42 Å². The van der Waals surface area contributed by atoms with Gasteiger partial charge in [0.1, 0.15) is 11.5 Å². The van der Waals surface area contributed by atoms with E-state index >= 15 is 0 Å². The van der Waals surface area contributed by atoms with E-state index in [1.807, 2.05) is 43.0 Å². The molecule has 2 amide bonds. The number of likely N-dealkylation sites (tertiary alicyclic amines) is 1. The molecule has 0 aromatic carbocycles. The second-order valence-electron chi connectivity index (χ2n) is 6.53. The molecule has 0 saturated carbocycles. The van der Waals surface area contributed by atoms with E-state index < -0.39 is 0 Å². The zero-order valence-electron chi connectivity index (χ0n) is 14.4. The van der Waals surface area contributed by atoms with Crippen molar-refractivity contribution < 1.29 is 9.21 Å². The van der Waals surface area contributed by atoms with Crippen LogP contribution in [0.25, 0.3) is 0 Å². The number of pyridine rings is 1. The number of hydrogen-bond donors (Lipinski definition) is 1. The zero-order valence-corrected chi connectivity index (χ0v) is 14.4. The molecule has 1 aliphatic rings. The predicted molar refractivity (Wildman–Crippen MR) is 92.7 cm³/mol. The highest BCUT2D eigenvalue weighted by Crippen LogP contribution is 2.31. The van der Waals surface area contributed by atoms with E-state index in [-0.39, 0.29) is 18.1 Å². The minimum absolute atomic E-state index is 0.0254. The first-order chi connectivity index (χ1) is 11.6. The quantitative estimate of drug-likeness (QED) is 0.907. The first kappa shape index (κ1) is 16.6. The molecule has 128 valence electrons. The molecule has 0 unspecified atom stereocenters. The molecule has 1 saturated heterocycles. The van der Waals surface area contributed by atoms with Crippen LogP contribution in [0.1, 0.15) is 49.3 Å². The first-order valence-corrected chi connectivity index (χ1v) is 8.66. The molecule has 5 nitrogen and oxygen atoms in total. The summed E-state index contributed by atoms with van der Waals surface area (Å²) in [6, 6.07) is 8.27. The van der Waals surface area contributed by atoms with Crippen LogP contribution in [-0.4, -0.2) is 28.5 Å². The van der Waals surface area contributed by atoms with Crippen molar-refractivity contribution >= 4 is 6.03 Å². The van der Waals surface area contributed by atoms with Crippen LogP contribution < -0.4 is 5.32 Å². The Bertz CT molecular complexity index is 668. The van der Waals surface area contributed by atoms with Gasteiger partial charge >= 0.3 is 6.03 Å². The van der Waals surface area contributed by atoms with Gasteiger partial charge < -0.3 is 14.6 Å². The van der Waals surface area contributed by atoms with Crippen molar-refractivity contribution in [3.05, 3.63) is 53.7 Å². The maximum atomic E-state index is 12.6. The summed E-state index contributed by atoms with van der Waals surface area (Å²) in [5.41, 5.74) is 1.16. The third-order valence-corrected chi connectivity index (χ3v) is 4.59. The molecule has 0 bridgehead atoms. The largest absolute Gasteiger partial charge is 0.466 e. The van der Waals surface area contributed by atoms with E-state index in [1.54, 1.807) is 12.4 Å². The van der Waals surface area contributed by atoms with Crippen LogP contribution in [0.3, 0.4) is 0 Å². The van der Waals surface area contributed by atoms with Crippen molar-refractivity contribution in [1.82, 2.24) is 15.2 Å². The Labute approximate surface area is 143 Å². The summed E-state index contributed by atoms with van der Waals surface area (Å²) in [6.07, 6.45) is 7.34. The minimum atomic E-state index is 0.0254. The van der Waals surface area contributed by atoms with Gasteiger partial charge in [-0.15, -0.1) is 0 Å². The zero-order chi connectivity index (χ0) is 16.9. The Morgan fingerprint density at radius 3 is 2.88 bits per heavy atom. The normalized spacial score (nSPS) is 18.6. The molecule has 2 atom stereocenters. The van der Waals surface area contributed by atoms with Crippen LogP contribution in [0.4, 0.5) is 4.79 Å². The maximum absolute atomic E-state index is 12.6. The number of carbonyl (C=O) groups is 1. The minimum Gasteiger partial charge on any atom is -0.466 e. The summed E-state index contributed by atoms with van der Waals surface area (Å²) in [6.45, 7) is 4.80. The van der Waals surface area contributed by atoms with Crippen molar-refractivity contribution in [2.75, 3.05) is 6.54 Å². The number of aryl methyl sites for hydroxylation is 2. The average molecular weight is 327 g/mol. The van der Waals surface area contributed by atoms with Gasteiger partial charge in [-0.2, -0.15) is 0 Å². The van der Waals surface area contributed by atoms with E-state index in [0.717, 1.165) is 49.3 Å². The second-order valence-corrected chi connectivity index (χ2v) is 6.53. The Kier molecular flexibility index (Phi) is 5.18. The molecule has 3 rings (SSSR count). The Morgan fingerprint density at radius 1 is 1.38 bits per heavy atom. The summed E-state index contributed by atoms with van der Waals surface area (Å²) < 4.78 is 5.58. The van der Waals surface area contributed by atoms with Crippen LogP contribution in [0, 0.1) is 6.92 Å². The lowest BCUT2D eigenvalue weighted by Crippen LogP contribution is -2.43. The van der Waals surface area contributed by atoms with Crippen molar-refractivity contribution in [2.45, 2.75) is 51.6 Å². The van der Waals surface area contributed by atoms with Crippen LogP contribution in [0.15, 0.2) is 41.1 Å². The number of rotatable bonds is 5. The topological polar surface area (TPSA) is 58.4 Å². The average Bonchev–Trinajstić information content (AvgIpc) is 3.22. The van der Waals surface area contributed by atoms with E-state index in [2.05, 4.69) is 10.3 Å². The summed E-state index contributed by atoms with van der Waals surface area (Å²) in [4.78, 5) is 18.6. The lowest BCUT2D eigenvalue weighted by molar-refractivity contribution is 0.189. The van der Waals surface area contributed by atoms with Gasteiger partial charge in [0.2, 0.25) is 0 Å². The van der Waals surface area contributed by atoms with Gasteiger partial charge in [-0.05, 0) is 62.9 Å². The smallest absolute Gasteiger partial charge is 0.318 e.